The molecule has 0 radical (unpaired) electrons. The quantitative estimate of drug-likeness (QED) is 0.819. The summed E-state index contributed by atoms with van der Waals surface area (Å²) in [6.45, 7) is 2.44. The van der Waals surface area contributed by atoms with Crippen LogP contribution in [0.25, 0.3) is 0 Å². The summed E-state index contributed by atoms with van der Waals surface area (Å²) in [5, 5.41) is 2.97. The van der Waals surface area contributed by atoms with Crippen molar-refractivity contribution in [2.75, 3.05) is 13.7 Å². The van der Waals surface area contributed by atoms with Crippen LogP contribution in [0.4, 0.5) is 0 Å². The summed E-state index contributed by atoms with van der Waals surface area (Å²) in [5.74, 6) is 1.62. The molecule has 0 heterocycles. The lowest BCUT2D eigenvalue weighted by Gasteiger charge is -2.20. The first kappa shape index (κ1) is 15.4. The van der Waals surface area contributed by atoms with Gasteiger partial charge in [-0.15, -0.1) is 0 Å². The fraction of sp³-hybridized carbons (Fsp3) is 0.471. The summed E-state index contributed by atoms with van der Waals surface area (Å²) in [7, 11) is 1.62. The first-order chi connectivity index (χ1) is 10.2. The lowest BCUT2D eigenvalue weighted by Crippen LogP contribution is -2.37. The Morgan fingerprint density at radius 2 is 2.10 bits per heavy atom. The zero-order valence-electron chi connectivity index (χ0n) is 12.7. The highest BCUT2D eigenvalue weighted by Crippen LogP contribution is 2.26. The molecule has 2 unspecified atom stereocenters. The summed E-state index contributed by atoms with van der Waals surface area (Å²) < 4.78 is 11.1. The van der Waals surface area contributed by atoms with E-state index in [1.165, 1.54) is 0 Å². The average molecular weight is 289 g/mol. The number of para-hydroxylation sites is 2. The van der Waals surface area contributed by atoms with Gasteiger partial charge in [-0.2, -0.15) is 0 Å². The molecule has 0 aliphatic heterocycles. The van der Waals surface area contributed by atoms with Gasteiger partial charge in [-0.1, -0.05) is 24.3 Å². The minimum atomic E-state index is -0.107. The van der Waals surface area contributed by atoms with E-state index < -0.39 is 0 Å². The van der Waals surface area contributed by atoms with Crippen LogP contribution in [0.15, 0.2) is 36.4 Å². The predicted octanol–water partition coefficient (Wildman–Crippen LogP) is 2.94. The van der Waals surface area contributed by atoms with E-state index in [2.05, 4.69) is 17.5 Å². The van der Waals surface area contributed by atoms with Crippen molar-refractivity contribution in [3.8, 4) is 11.5 Å². The van der Waals surface area contributed by atoms with Gasteiger partial charge in [0, 0.05) is 5.92 Å². The molecule has 0 saturated heterocycles. The minimum Gasteiger partial charge on any atom is -0.493 e. The zero-order valence-corrected chi connectivity index (χ0v) is 12.7. The van der Waals surface area contributed by atoms with E-state index in [-0.39, 0.29) is 17.9 Å². The van der Waals surface area contributed by atoms with Crippen LogP contribution in [0.3, 0.4) is 0 Å². The van der Waals surface area contributed by atoms with Crippen LogP contribution in [0.1, 0.15) is 26.2 Å². The maximum absolute atomic E-state index is 12.1. The first-order valence-electron chi connectivity index (χ1n) is 7.43. The van der Waals surface area contributed by atoms with Crippen molar-refractivity contribution < 1.29 is 14.3 Å². The lowest BCUT2D eigenvalue weighted by atomic mass is 9.94. The normalized spacial score (nSPS) is 18.9. The number of methoxy groups -OCH3 is 1. The molecule has 0 aromatic heterocycles. The second-order valence-electron chi connectivity index (χ2n) is 5.31. The van der Waals surface area contributed by atoms with Crippen molar-refractivity contribution in [2.45, 2.75) is 32.3 Å². The van der Waals surface area contributed by atoms with Gasteiger partial charge in [0.2, 0.25) is 5.91 Å². The topological polar surface area (TPSA) is 47.6 Å². The highest BCUT2D eigenvalue weighted by Gasteiger charge is 2.19. The molecule has 1 aromatic rings. The Morgan fingerprint density at radius 3 is 2.76 bits per heavy atom. The van der Waals surface area contributed by atoms with Gasteiger partial charge in [0.25, 0.3) is 0 Å². The van der Waals surface area contributed by atoms with Crippen molar-refractivity contribution >= 4 is 5.91 Å². The van der Waals surface area contributed by atoms with Crippen LogP contribution in [-0.4, -0.2) is 25.7 Å². The van der Waals surface area contributed by atoms with E-state index >= 15 is 0 Å². The molecule has 2 rings (SSSR count). The molecule has 1 aromatic carbocycles. The SMILES string of the molecule is COc1ccccc1OC(C)CNC(=O)C1CC=CCC1. The van der Waals surface area contributed by atoms with E-state index in [1.807, 2.05) is 31.2 Å². The molecule has 0 fully saturated rings. The van der Waals surface area contributed by atoms with Crippen LogP contribution in [0, 0.1) is 5.92 Å². The number of hydrogen-bond acceptors (Lipinski definition) is 3. The standard InChI is InChI=1S/C17H23NO3/c1-13(21-16-11-7-6-10-15(16)20-2)12-18-17(19)14-8-4-3-5-9-14/h3-4,6-7,10-11,13-14H,5,8-9,12H2,1-2H3,(H,18,19). The Hall–Kier alpha value is -1.97. The van der Waals surface area contributed by atoms with Crippen molar-refractivity contribution in [1.29, 1.82) is 0 Å². The van der Waals surface area contributed by atoms with Crippen molar-refractivity contribution in [2.24, 2.45) is 5.92 Å². The largest absolute Gasteiger partial charge is 0.493 e. The number of ether oxygens (including phenoxy) is 2. The van der Waals surface area contributed by atoms with Gasteiger partial charge in [0.1, 0.15) is 6.10 Å². The van der Waals surface area contributed by atoms with Crippen LogP contribution in [0.5, 0.6) is 11.5 Å². The summed E-state index contributed by atoms with van der Waals surface area (Å²) in [4.78, 5) is 12.1. The van der Waals surface area contributed by atoms with Gasteiger partial charge in [-0.25, -0.2) is 0 Å². The van der Waals surface area contributed by atoms with Crippen LogP contribution >= 0.6 is 0 Å². The van der Waals surface area contributed by atoms with Gasteiger partial charge in [-0.3, -0.25) is 4.79 Å². The number of carbonyl (C=O) groups is 1. The van der Waals surface area contributed by atoms with E-state index in [1.54, 1.807) is 7.11 Å². The Balaban J connectivity index is 1.80. The number of nitrogens with one attached hydrogen (secondary N) is 1. The van der Waals surface area contributed by atoms with E-state index in [9.17, 15) is 4.79 Å². The molecule has 21 heavy (non-hydrogen) atoms. The first-order valence-corrected chi connectivity index (χ1v) is 7.43. The van der Waals surface area contributed by atoms with E-state index in [0.717, 1.165) is 19.3 Å². The third-order valence-electron chi connectivity index (χ3n) is 3.60. The summed E-state index contributed by atoms with van der Waals surface area (Å²) in [6, 6.07) is 7.52. The number of hydrogen-bond donors (Lipinski definition) is 1. The van der Waals surface area contributed by atoms with E-state index in [4.69, 9.17) is 9.47 Å². The second-order valence-corrected chi connectivity index (χ2v) is 5.31. The van der Waals surface area contributed by atoms with Crippen LogP contribution in [-0.2, 0) is 4.79 Å². The maximum Gasteiger partial charge on any atom is 0.223 e. The van der Waals surface area contributed by atoms with E-state index in [0.29, 0.717) is 18.0 Å². The van der Waals surface area contributed by atoms with Crippen LogP contribution in [0.2, 0.25) is 0 Å². The summed E-state index contributed by atoms with van der Waals surface area (Å²) in [5.41, 5.74) is 0. The van der Waals surface area contributed by atoms with Crippen molar-refractivity contribution in [3.63, 3.8) is 0 Å². The number of rotatable bonds is 6. The third-order valence-corrected chi connectivity index (χ3v) is 3.60. The Labute approximate surface area is 126 Å². The van der Waals surface area contributed by atoms with Gasteiger partial charge in [0.15, 0.2) is 11.5 Å². The van der Waals surface area contributed by atoms with Crippen molar-refractivity contribution in [3.05, 3.63) is 36.4 Å². The molecule has 114 valence electrons. The monoisotopic (exact) mass is 289 g/mol. The zero-order chi connectivity index (χ0) is 15.1. The minimum absolute atomic E-state index is 0.105. The van der Waals surface area contributed by atoms with Gasteiger partial charge >= 0.3 is 0 Å². The smallest absolute Gasteiger partial charge is 0.223 e. The molecule has 0 saturated carbocycles. The fourth-order valence-electron chi connectivity index (χ4n) is 2.39. The van der Waals surface area contributed by atoms with Gasteiger partial charge < -0.3 is 14.8 Å². The molecule has 4 nitrogen and oxygen atoms in total. The highest BCUT2D eigenvalue weighted by atomic mass is 16.5. The highest BCUT2D eigenvalue weighted by molar-refractivity contribution is 5.79. The lowest BCUT2D eigenvalue weighted by molar-refractivity contribution is -0.125. The molecule has 0 bridgehead atoms. The molecule has 4 heteroatoms. The second kappa shape index (κ2) is 7.72. The molecule has 1 N–H and O–H groups in total. The molecule has 0 spiro atoms. The van der Waals surface area contributed by atoms with Crippen LogP contribution < -0.4 is 14.8 Å². The molecule has 1 aliphatic carbocycles. The number of benzene rings is 1. The fourth-order valence-corrected chi connectivity index (χ4v) is 2.39. The Bertz CT molecular complexity index is 499. The van der Waals surface area contributed by atoms with Gasteiger partial charge in [0.05, 0.1) is 13.7 Å². The number of allylic oxidation sites excluding steroid dienone is 2. The maximum atomic E-state index is 12.1. The average Bonchev–Trinajstić information content (AvgIpc) is 2.54. The number of carbonyl (C=O) groups excluding carboxylic acids is 1. The predicted molar refractivity (Wildman–Crippen MR) is 82.6 cm³/mol. The molecule has 1 amide bonds. The summed E-state index contributed by atoms with van der Waals surface area (Å²) in [6.07, 6.45) is 6.88. The Kier molecular flexibility index (Phi) is 5.67. The third kappa shape index (κ3) is 4.52. The number of amides is 1. The molecular weight excluding hydrogens is 266 g/mol. The Morgan fingerprint density at radius 1 is 1.33 bits per heavy atom. The molecule has 2 atom stereocenters. The van der Waals surface area contributed by atoms with Crippen molar-refractivity contribution in [1.82, 2.24) is 5.32 Å². The molecule has 1 aliphatic rings. The summed E-state index contributed by atoms with van der Waals surface area (Å²) >= 11 is 0. The molecular formula is C17H23NO3. The van der Waals surface area contributed by atoms with Gasteiger partial charge in [-0.05, 0) is 38.3 Å².